The minimum absolute atomic E-state index is 0. The maximum atomic E-state index is 7.86. The molecule has 0 aliphatic rings. The van der Waals surface area contributed by atoms with Crippen molar-refractivity contribution in [3.8, 4) is 0 Å². The van der Waals surface area contributed by atoms with Gasteiger partial charge in [-0.1, -0.05) is 0 Å². The fourth-order valence-corrected chi connectivity index (χ4v) is 0.0527. The zero-order valence-electron chi connectivity index (χ0n) is 6.10. The Morgan fingerprint density at radius 2 is 1.45 bits per heavy atom. The first kappa shape index (κ1) is 22.5. The molecule has 0 spiro atoms. The molecule has 0 amide bonds. The molecule has 0 aliphatic carbocycles. The topological polar surface area (TPSA) is 102 Å². The van der Waals surface area contributed by atoms with Gasteiger partial charge in [-0.15, -0.1) is 24.8 Å². The van der Waals surface area contributed by atoms with Crippen LogP contribution < -0.4 is 11.6 Å². The molecular formula is C4H16Cl2N2O3. The van der Waals surface area contributed by atoms with Crippen molar-refractivity contribution < 1.29 is 15.1 Å². The highest BCUT2D eigenvalue weighted by molar-refractivity contribution is 5.85. The van der Waals surface area contributed by atoms with Crippen LogP contribution in [0.4, 0.5) is 0 Å². The van der Waals surface area contributed by atoms with Crippen molar-refractivity contribution >= 4 is 24.8 Å². The van der Waals surface area contributed by atoms with Crippen LogP contribution >= 0.6 is 24.8 Å². The van der Waals surface area contributed by atoms with Gasteiger partial charge in [0.2, 0.25) is 0 Å². The Labute approximate surface area is 78.5 Å². The molecule has 6 N–H and O–H groups in total. The molecule has 0 heterocycles. The molecule has 0 aromatic rings. The van der Waals surface area contributed by atoms with Crippen LogP contribution in [0.25, 0.3) is 0 Å². The van der Waals surface area contributed by atoms with E-state index in [4.69, 9.17) is 15.9 Å². The first-order chi connectivity index (χ1) is 4.33. The van der Waals surface area contributed by atoms with Crippen molar-refractivity contribution in [1.82, 2.24) is 0 Å². The zero-order chi connectivity index (χ0) is 7.54. The van der Waals surface area contributed by atoms with Gasteiger partial charge in [-0.3, -0.25) is 0 Å². The molecule has 0 saturated carbocycles. The standard InChI is InChI=1S/C2H7NO2.C2H7NO.2ClH/c3-5-2-1-4;3-1-2-4;;/h4H,1-3H2;4H,1-3H2;2*1H. The van der Waals surface area contributed by atoms with Crippen molar-refractivity contribution in [1.29, 1.82) is 0 Å². The minimum atomic E-state index is -0.00347. The number of hydrogen-bond donors (Lipinski definition) is 4. The molecule has 11 heavy (non-hydrogen) atoms. The first-order valence-electron chi connectivity index (χ1n) is 2.57. The van der Waals surface area contributed by atoms with Crippen molar-refractivity contribution in [3.63, 3.8) is 0 Å². The molecule has 5 nitrogen and oxygen atoms in total. The Bertz CT molecular complexity index is 40.5. The van der Waals surface area contributed by atoms with E-state index >= 15 is 0 Å². The number of aliphatic hydroxyl groups excluding tert-OH is 2. The van der Waals surface area contributed by atoms with Crippen LogP contribution in [-0.4, -0.2) is 36.6 Å². The molecule has 0 atom stereocenters. The number of aliphatic hydroxyl groups is 2. The third kappa shape index (κ3) is 63.8. The highest BCUT2D eigenvalue weighted by Gasteiger charge is 1.68. The third-order valence-corrected chi connectivity index (χ3v) is 0.338. The van der Waals surface area contributed by atoms with Gasteiger partial charge in [-0.05, 0) is 0 Å². The second kappa shape index (κ2) is 31.6. The molecular weight excluding hydrogens is 195 g/mol. The molecule has 0 rings (SSSR count). The monoisotopic (exact) mass is 210 g/mol. The van der Waals surface area contributed by atoms with Gasteiger partial charge < -0.3 is 20.8 Å². The molecule has 0 aromatic heterocycles. The molecule has 7 heteroatoms. The van der Waals surface area contributed by atoms with Crippen molar-refractivity contribution in [2.45, 2.75) is 0 Å². The summed E-state index contributed by atoms with van der Waals surface area (Å²) >= 11 is 0. The SMILES string of the molecule is Cl.Cl.NCCO.NOCCO. The van der Waals surface area contributed by atoms with Crippen LogP contribution in [0, 0.1) is 0 Å². The Balaban J connectivity index is -0.0000000383. The lowest BCUT2D eigenvalue weighted by Crippen LogP contribution is -2.03. The quantitative estimate of drug-likeness (QED) is 0.432. The lowest BCUT2D eigenvalue weighted by atomic mass is 10.8. The maximum absolute atomic E-state index is 7.86. The van der Waals surface area contributed by atoms with Crippen molar-refractivity contribution in [2.24, 2.45) is 11.6 Å². The normalized spacial score (nSPS) is 6.55. The van der Waals surface area contributed by atoms with Gasteiger partial charge in [-0.25, -0.2) is 5.90 Å². The van der Waals surface area contributed by atoms with Crippen LogP contribution in [-0.2, 0) is 4.84 Å². The summed E-state index contributed by atoms with van der Waals surface area (Å²) in [6.07, 6.45) is 0. The van der Waals surface area contributed by atoms with Gasteiger partial charge in [-0.2, -0.15) is 0 Å². The lowest BCUT2D eigenvalue weighted by Gasteiger charge is -1.83. The summed E-state index contributed by atoms with van der Waals surface area (Å²) < 4.78 is 0. The molecule has 0 radical (unpaired) electrons. The fraction of sp³-hybridized carbons (Fsp3) is 1.00. The maximum Gasteiger partial charge on any atom is 0.0910 e. The Kier molecular flexibility index (Phi) is 64.6. The minimum Gasteiger partial charge on any atom is -0.395 e. The Morgan fingerprint density at radius 3 is 1.45 bits per heavy atom. The molecule has 0 aromatic carbocycles. The number of rotatable bonds is 3. The Hall–Kier alpha value is 0.380. The van der Waals surface area contributed by atoms with Gasteiger partial charge in [0, 0.05) is 6.54 Å². The number of hydrogen-bond acceptors (Lipinski definition) is 5. The predicted octanol–water partition coefficient (Wildman–Crippen LogP) is -1.35. The van der Waals surface area contributed by atoms with E-state index in [1.807, 2.05) is 0 Å². The third-order valence-electron chi connectivity index (χ3n) is 0.338. The highest BCUT2D eigenvalue weighted by atomic mass is 35.5. The van der Waals surface area contributed by atoms with Crippen LogP contribution in [0.1, 0.15) is 0 Å². The van der Waals surface area contributed by atoms with Crippen LogP contribution in [0.15, 0.2) is 0 Å². The summed E-state index contributed by atoms with van der Waals surface area (Å²) in [5.41, 5.74) is 4.78. The molecule has 0 bridgehead atoms. The van der Waals surface area contributed by atoms with Crippen molar-refractivity contribution in [2.75, 3.05) is 26.4 Å². The Morgan fingerprint density at radius 1 is 1.09 bits per heavy atom. The molecule has 0 saturated heterocycles. The first-order valence-corrected chi connectivity index (χ1v) is 2.57. The fourth-order valence-electron chi connectivity index (χ4n) is 0.0527. The lowest BCUT2D eigenvalue weighted by molar-refractivity contribution is 0.0938. The molecule has 0 aliphatic heterocycles. The summed E-state index contributed by atoms with van der Waals surface area (Å²) in [6.45, 7) is 0.691. The van der Waals surface area contributed by atoms with E-state index in [9.17, 15) is 0 Å². The van der Waals surface area contributed by atoms with E-state index in [0.29, 0.717) is 6.54 Å². The van der Waals surface area contributed by atoms with E-state index in [0.717, 1.165) is 0 Å². The summed E-state index contributed by atoms with van der Waals surface area (Å²) in [7, 11) is 0. The van der Waals surface area contributed by atoms with E-state index in [-0.39, 0.29) is 44.6 Å². The molecule has 74 valence electrons. The van der Waals surface area contributed by atoms with Gasteiger partial charge in [0.15, 0.2) is 0 Å². The highest BCUT2D eigenvalue weighted by Crippen LogP contribution is 1.51. The van der Waals surface area contributed by atoms with E-state index in [1.54, 1.807) is 0 Å². The van der Waals surface area contributed by atoms with Crippen LogP contribution in [0.5, 0.6) is 0 Å². The zero-order valence-corrected chi connectivity index (χ0v) is 7.74. The van der Waals surface area contributed by atoms with Gasteiger partial charge in [0.05, 0.1) is 19.8 Å². The second-order valence-corrected chi connectivity index (χ2v) is 1.11. The van der Waals surface area contributed by atoms with Gasteiger partial charge in [0.25, 0.3) is 0 Å². The van der Waals surface area contributed by atoms with Gasteiger partial charge >= 0.3 is 0 Å². The smallest absolute Gasteiger partial charge is 0.0910 e. The van der Waals surface area contributed by atoms with Crippen molar-refractivity contribution in [3.05, 3.63) is 0 Å². The second-order valence-electron chi connectivity index (χ2n) is 1.11. The molecule has 0 fully saturated rings. The van der Waals surface area contributed by atoms with E-state index in [2.05, 4.69) is 10.7 Å². The van der Waals surface area contributed by atoms with E-state index in [1.165, 1.54) is 0 Å². The molecule has 0 unspecified atom stereocenters. The van der Waals surface area contributed by atoms with E-state index < -0.39 is 0 Å². The number of halogens is 2. The summed E-state index contributed by atoms with van der Waals surface area (Å²) in [6, 6.07) is 0. The predicted molar refractivity (Wildman–Crippen MR) is 47.9 cm³/mol. The average Bonchev–Trinajstić information content (AvgIpc) is 1.91. The largest absolute Gasteiger partial charge is 0.395 e. The van der Waals surface area contributed by atoms with Crippen LogP contribution in [0.3, 0.4) is 0 Å². The van der Waals surface area contributed by atoms with Gasteiger partial charge in [0.1, 0.15) is 0 Å². The average molecular weight is 211 g/mol. The summed E-state index contributed by atoms with van der Waals surface area (Å²) in [4.78, 5) is 3.94. The summed E-state index contributed by atoms with van der Waals surface area (Å²) in [5, 5.41) is 15.6. The summed E-state index contributed by atoms with van der Waals surface area (Å²) in [5.74, 6) is 4.48. The number of nitrogens with two attached hydrogens (primary N) is 2. The van der Waals surface area contributed by atoms with Crippen LogP contribution in [0.2, 0.25) is 0 Å².